The molecule has 0 fully saturated rings. The van der Waals surface area contributed by atoms with Crippen LogP contribution < -0.4 is 0 Å². The Morgan fingerprint density at radius 3 is 1.56 bits per heavy atom. The van der Waals surface area contributed by atoms with E-state index in [9.17, 15) is 0 Å². The third-order valence-electron chi connectivity index (χ3n) is 11.1. The molecule has 0 N–H and O–H groups in total. The van der Waals surface area contributed by atoms with Crippen LogP contribution in [0.25, 0.3) is 61.7 Å². The van der Waals surface area contributed by atoms with Crippen molar-refractivity contribution in [3.63, 3.8) is 0 Å². The lowest BCUT2D eigenvalue weighted by atomic mass is 9.67. The fraction of sp³-hybridized carbons (Fsp3) is 0.0577. The van der Waals surface area contributed by atoms with Crippen LogP contribution in [0.15, 0.2) is 200 Å². The van der Waals surface area contributed by atoms with Crippen molar-refractivity contribution in [3.8, 4) is 56.2 Å². The van der Waals surface area contributed by atoms with E-state index >= 15 is 0 Å². The molecule has 2 aliphatic carbocycles. The van der Waals surface area contributed by atoms with Crippen LogP contribution >= 0.6 is 0 Å². The van der Waals surface area contributed by atoms with Crippen molar-refractivity contribution in [2.24, 2.45) is 0 Å². The Balaban J connectivity index is 1.21. The van der Waals surface area contributed by atoms with E-state index in [-0.39, 0.29) is 0 Å². The molecular formula is C52H37N3. The van der Waals surface area contributed by atoms with E-state index in [4.69, 9.17) is 15.0 Å². The van der Waals surface area contributed by atoms with Gasteiger partial charge < -0.3 is 0 Å². The van der Waals surface area contributed by atoms with E-state index < -0.39 is 5.41 Å². The molecule has 55 heavy (non-hydrogen) atoms. The molecule has 0 aliphatic heterocycles. The first-order valence-corrected chi connectivity index (χ1v) is 19.0. The largest absolute Gasteiger partial charge is 0.209 e. The molecule has 0 saturated heterocycles. The molecule has 1 aromatic heterocycles. The van der Waals surface area contributed by atoms with Crippen molar-refractivity contribution in [1.29, 1.82) is 0 Å². The molecule has 8 aromatic rings. The summed E-state index contributed by atoms with van der Waals surface area (Å²) in [5.74, 6) is 2.06. The molecule has 0 bridgehead atoms. The van der Waals surface area contributed by atoms with Crippen LogP contribution in [0.2, 0.25) is 0 Å². The van der Waals surface area contributed by atoms with E-state index in [1.54, 1.807) is 0 Å². The molecule has 7 aromatic carbocycles. The van der Waals surface area contributed by atoms with Gasteiger partial charge >= 0.3 is 0 Å². The maximum atomic E-state index is 5.19. The predicted octanol–water partition coefficient (Wildman–Crippen LogP) is 12.6. The van der Waals surface area contributed by atoms with Crippen LogP contribution in [-0.4, -0.2) is 15.0 Å². The molecule has 2 aliphatic rings. The number of hydrogen-bond donors (Lipinski definition) is 0. The maximum absolute atomic E-state index is 5.19. The van der Waals surface area contributed by atoms with Gasteiger partial charge in [0.05, 0.1) is 5.41 Å². The van der Waals surface area contributed by atoms with Crippen molar-refractivity contribution >= 4 is 5.57 Å². The molecule has 0 amide bonds. The predicted molar refractivity (Wildman–Crippen MR) is 225 cm³/mol. The summed E-state index contributed by atoms with van der Waals surface area (Å²) in [4.78, 5) is 15.4. The summed E-state index contributed by atoms with van der Waals surface area (Å²) >= 11 is 0. The van der Waals surface area contributed by atoms with Crippen molar-refractivity contribution < 1.29 is 0 Å². The highest BCUT2D eigenvalue weighted by atomic mass is 15.0. The van der Waals surface area contributed by atoms with Crippen LogP contribution in [0, 0.1) is 0 Å². The molecule has 0 atom stereocenters. The first-order valence-electron chi connectivity index (χ1n) is 19.0. The number of rotatable bonds is 7. The highest BCUT2D eigenvalue weighted by molar-refractivity contribution is 5.89. The van der Waals surface area contributed by atoms with Crippen LogP contribution in [0.3, 0.4) is 0 Å². The van der Waals surface area contributed by atoms with Gasteiger partial charge in [-0.05, 0) is 98.3 Å². The second-order valence-corrected chi connectivity index (χ2v) is 14.3. The SMILES string of the molecule is C1=CCCC(c2nc(-c3ccccc3)nc(-c3cc(-c4ccccc4)cc(-c4ccc5c(c4)C(c4ccccc4)(c4ccccc4)c4ccccc4-5)c3)n2)=C1. The van der Waals surface area contributed by atoms with E-state index in [1.807, 2.05) is 18.2 Å². The Hall–Kier alpha value is -6.97. The summed E-state index contributed by atoms with van der Waals surface area (Å²) in [7, 11) is 0. The number of aromatic nitrogens is 3. The van der Waals surface area contributed by atoms with Crippen LogP contribution in [0.5, 0.6) is 0 Å². The number of fused-ring (bicyclic) bond motifs is 3. The zero-order chi connectivity index (χ0) is 36.6. The van der Waals surface area contributed by atoms with Gasteiger partial charge in [-0.2, -0.15) is 0 Å². The monoisotopic (exact) mass is 703 g/mol. The number of benzene rings is 7. The normalized spacial score (nSPS) is 13.9. The fourth-order valence-electron chi connectivity index (χ4n) is 8.50. The Labute approximate surface area is 322 Å². The average molecular weight is 704 g/mol. The Bertz CT molecular complexity index is 2690. The average Bonchev–Trinajstić information content (AvgIpc) is 3.58. The smallest absolute Gasteiger partial charge is 0.164 e. The lowest BCUT2D eigenvalue weighted by Crippen LogP contribution is -2.28. The molecule has 0 spiro atoms. The van der Waals surface area contributed by atoms with Gasteiger partial charge in [0.2, 0.25) is 0 Å². The van der Waals surface area contributed by atoms with Gasteiger partial charge in [-0.15, -0.1) is 0 Å². The molecule has 3 heteroatoms. The summed E-state index contributed by atoms with van der Waals surface area (Å²) in [5, 5.41) is 0. The van der Waals surface area contributed by atoms with Crippen molar-refractivity contribution in [3.05, 3.63) is 228 Å². The minimum atomic E-state index is -0.486. The van der Waals surface area contributed by atoms with Gasteiger partial charge in [0.15, 0.2) is 17.5 Å². The van der Waals surface area contributed by atoms with Gasteiger partial charge in [0.25, 0.3) is 0 Å². The Kier molecular flexibility index (Phi) is 8.18. The molecular weight excluding hydrogens is 667 g/mol. The first-order chi connectivity index (χ1) is 27.3. The minimum absolute atomic E-state index is 0.486. The van der Waals surface area contributed by atoms with Crippen LogP contribution in [0.4, 0.5) is 0 Å². The van der Waals surface area contributed by atoms with E-state index in [0.717, 1.165) is 57.6 Å². The Morgan fingerprint density at radius 2 is 0.909 bits per heavy atom. The molecule has 3 nitrogen and oxygen atoms in total. The summed E-state index contributed by atoms with van der Waals surface area (Å²) in [5.41, 5.74) is 14.7. The third-order valence-corrected chi connectivity index (χ3v) is 11.1. The van der Waals surface area contributed by atoms with E-state index in [2.05, 4.69) is 182 Å². The molecule has 0 saturated carbocycles. The van der Waals surface area contributed by atoms with Crippen LogP contribution in [0.1, 0.15) is 40.9 Å². The standard InChI is InChI=1S/C52H37N3/c1-6-18-36(19-7-1)40-32-41(34-42(33-40)51-54-49(37-20-8-2-9-21-37)53-50(55-51)38-22-10-3-11-23-38)39-30-31-46-45-28-16-17-29-47(45)52(48(46)35-39,43-24-12-4-13-25-43)44-26-14-5-15-27-44/h1-10,12-22,24-35H,11,23H2. The van der Waals surface area contributed by atoms with Gasteiger partial charge in [0, 0.05) is 11.1 Å². The minimum Gasteiger partial charge on any atom is -0.209 e. The highest BCUT2D eigenvalue weighted by Gasteiger charge is 2.46. The van der Waals surface area contributed by atoms with E-state index in [1.165, 1.54) is 33.4 Å². The van der Waals surface area contributed by atoms with Gasteiger partial charge in [-0.1, -0.05) is 176 Å². The highest BCUT2D eigenvalue weighted by Crippen LogP contribution is 2.56. The number of hydrogen-bond acceptors (Lipinski definition) is 3. The van der Waals surface area contributed by atoms with Crippen molar-refractivity contribution in [1.82, 2.24) is 15.0 Å². The maximum Gasteiger partial charge on any atom is 0.164 e. The topological polar surface area (TPSA) is 38.7 Å². The molecule has 0 radical (unpaired) electrons. The Morgan fingerprint density at radius 1 is 0.382 bits per heavy atom. The number of nitrogens with zero attached hydrogens (tertiary/aromatic N) is 3. The van der Waals surface area contributed by atoms with Gasteiger partial charge in [-0.3, -0.25) is 0 Å². The second kappa shape index (κ2) is 13.8. The molecule has 0 unspecified atom stereocenters. The van der Waals surface area contributed by atoms with Crippen molar-refractivity contribution in [2.75, 3.05) is 0 Å². The van der Waals surface area contributed by atoms with Crippen molar-refractivity contribution in [2.45, 2.75) is 18.3 Å². The zero-order valence-electron chi connectivity index (χ0n) is 30.3. The van der Waals surface area contributed by atoms with Gasteiger partial charge in [0.1, 0.15) is 0 Å². The lowest BCUT2D eigenvalue weighted by molar-refractivity contribution is 0.769. The fourth-order valence-corrected chi connectivity index (χ4v) is 8.50. The summed E-state index contributed by atoms with van der Waals surface area (Å²) < 4.78 is 0. The first kappa shape index (κ1) is 32.7. The quantitative estimate of drug-likeness (QED) is 0.166. The van der Waals surface area contributed by atoms with Gasteiger partial charge in [-0.25, -0.2) is 15.0 Å². The van der Waals surface area contributed by atoms with E-state index in [0.29, 0.717) is 11.6 Å². The second-order valence-electron chi connectivity index (χ2n) is 14.3. The summed E-state index contributed by atoms with van der Waals surface area (Å²) in [6.07, 6.45) is 8.30. The summed E-state index contributed by atoms with van der Waals surface area (Å²) in [6.45, 7) is 0. The lowest BCUT2D eigenvalue weighted by Gasteiger charge is -2.34. The number of allylic oxidation sites excluding steroid dienone is 4. The zero-order valence-corrected chi connectivity index (χ0v) is 30.3. The summed E-state index contributed by atoms with van der Waals surface area (Å²) in [6, 6.07) is 65.5. The molecule has 1 heterocycles. The third kappa shape index (κ3) is 5.73. The van der Waals surface area contributed by atoms with Crippen LogP contribution in [-0.2, 0) is 5.41 Å². The molecule has 10 rings (SSSR count). The molecule has 260 valence electrons.